The van der Waals surface area contributed by atoms with Crippen LogP contribution in [-0.4, -0.2) is 146 Å². The lowest BCUT2D eigenvalue weighted by Crippen LogP contribution is -2.55. The number of nitrogens with zero attached hydrogens (tertiary/aromatic N) is 1. The Bertz CT molecular complexity index is 4550. The molecule has 13 rings (SSSR count). The summed E-state index contributed by atoms with van der Waals surface area (Å²) in [5.74, 6) is -7.59. The first kappa shape index (κ1) is 74.5. The van der Waals surface area contributed by atoms with Gasteiger partial charge in [-0.1, -0.05) is 35.9 Å². The number of hydrogen-bond acceptors (Lipinski definition) is 23. The number of aliphatic hydroxyl groups is 1. The molecule has 0 aromatic heterocycles. The molecule has 6 aliphatic rings. The van der Waals surface area contributed by atoms with Crippen molar-refractivity contribution in [2.24, 2.45) is 0 Å². The number of aliphatic hydroxyl groups excluding tert-OH is 1. The van der Waals surface area contributed by atoms with E-state index in [1.165, 1.54) is 147 Å². The second kappa shape index (κ2) is 31.9. The third-order valence-corrected chi connectivity index (χ3v) is 17.6. The summed E-state index contributed by atoms with van der Waals surface area (Å²) in [5, 5.41) is 45.0. The fourth-order valence-electron chi connectivity index (χ4n) is 12.3. The Kier molecular flexibility index (Phi) is 22.7. The van der Waals surface area contributed by atoms with Crippen LogP contribution in [0.5, 0.6) is 69.0 Å². The van der Waals surface area contributed by atoms with Crippen LogP contribution in [0.15, 0.2) is 115 Å². The minimum Gasteiger partial charge on any atom is -0.497 e. The van der Waals surface area contributed by atoms with Crippen molar-refractivity contribution in [1.82, 2.24) is 37.2 Å². The first-order chi connectivity index (χ1) is 50.3. The van der Waals surface area contributed by atoms with Crippen molar-refractivity contribution < 1.29 is 105 Å². The van der Waals surface area contributed by atoms with Gasteiger partial charge < -0.3 is 104 Å². The van der Waals surface area contributed by atoms with E-state index in [4.69, 9.17) is 73.2 Å². The van der Waals surface area contributed by atoms with Gasteiger partial charge in [-0.05, 0) is 133 Å². The number of hydrogen-bond donors (Lipinski definition) is 8. The first-order valence-electron chi connectivity index (χ1n) is 32.6. The van der Waals surface area contributed by atoms with Crippen molar-refractivity contribution in [3.8, 4) is 80.1 Å². The molecule has 0 aliphatic carbocycles. The zero-order valence-corrected chi connectivity index (χ0v) is 59.1. The maximum Gasteiger partial charge on any atom is 0.408 e. The first-order valence-corrected chi connectivity index (χ1v) is 33.0. The van der Waals surface area contributed by atoms with Crippen LogP contribution >= 0.6 is 11.6 Å². The highest BCUT2D eigenvalue weighted by molar-refractivity contribution is 6.32. The summed E-state index contributed by atoms with van der Waals surface area (Å²) in [5.41, 5.74) is -1.24. The third-order valence-electron chi connectivity index (χ3n) is 17.3. The number of halogens is 1. The van der Waals surface area contributed by atoms with E-state index in [0.29, 0.717) is 5.56 Å². The highest BCUT2D eigenvalue weighted by Crippen LogP contribution is 2.49. The van der Waals surface area contributed by atoms with Crippen molar-refractivity contribution in [2.75, 3.05) is 76.4 Å². The Morgan fingerprint density at radius 1 is 0.571 bits per heavy atom. The molecular weight excluding hydrogens is 1390 g/mol. The number of methoxy groups -OCH3 is 7. The van der Waals surface area contributed by atoms with Crippen LogP contribution in [0.3, 0.4) is 0 Å². The molecule has 552 valence electrons. The molecular formula is C73H75ClN8O23. The molecule has 105 heavy (non-hydrogen) atoms. The predicted molar refractivity (Wildman–Crippen MR) is 372 cm³/mol. The summed E-state index contributed by atoms with van der Waals surface area (Å²) in [6.07, 6.45) is -3.57. The molecule has 0 saturated carbocycles. The Morgan fingerprint density at radius 3 is 1.85 bits per heavy atom. The Hall–Kier alpha value is -11.6. The lowest BCUT2D eigenvalue weighted by Gasteiger charge is -2.32. The van der Waals surface area contributed by atoms with E-state index < -0.39 is 118 Å². The molecule has 7 aromatic carbocycles. The molecule has 6 heterocycles. The number of rotatable bonds is 15. The van der Waals surface area contributed by atoms with Gasteiger partial charge in [0.25, 0.3) is 0 Å². The Morgan fingerprint density at radius 2 is 1.19 bits per heavy atom. The summed E-state index contributed by atoms with van der Waals surface area (Å²) < 4.78 is 77.2. The van der Waals surface area contributed by atoms with Gasteiger partial charge in [0.2, 0.25) is 46.9 Å². The topological polar surface area (TPSA) is 387 Å². The Labute approximate surface area is 605 Å². The van der Waals surface area contributed by atoms with Gasteiger partial charge in [-0.25, -0.2) is 4.79 Å². The van der Waals surface area contributed by atoms with Crippen LogP contribution in [0, 0.1) is 10.1 Å². The van der Waals surface area contributed by atoms with Crippen LogP contribution in [0.25, 0.3) is 11.1 Å². The van der Waals surface area contributed by atoms with E-state index in [2.05, 4.69) is 37.2 Å². The highest BCUT2D eigenvalue weighted by atomic mass is 35.5. The van der Waals surface area contributed by atoms with E-state index in [1.54, 1.807) is 32.9 Å². The van der Waals surface area contributed by atoms with Crippen molar-refractivity contribution in [3.63, 3.8) is 0 Å². The van der Waals surface area contributed by atoms with Gasteiger partial charge in [0.05, 0.1) is 78.5 Å². The highest BCUT2D eigenvalue weighted by Gasteiger charge is 2.42. The van der Waals surface area contributed by atoms with Gasteiger partial charge >= 0.3 is 11.8 Å². The molecule has 0 fully saturated rings. The monoisotopic (exact) mass is 1470 g/mol. The standard InChI is InChI=1S/C73H75ClN8O23/c1-73(2,3)105-72(90)81-60-37-13-18-53(97-8)54(27-37)102-43-24-39(23-41(30-43)94-5)61-69(87)79-62-40-28-56(65(99-10)57(29-40)104-52-15-11-35(22-49(52)82(91)92)21-47(66(84)77-61)75-67(60)85)103-51-17-14-38(26-46(51)74)64(83)63-71(89)76-48(33-101-34-100-20-19-93-4)44-31-42(95-6)32-55(98-9)58(44)45-25-36(12-16-50(45)96-7)59(68(86)80-63)78-70(62)88/h11-18,22-32,47-48,59-64,83H,19-21,33-34H2,1-10H3,(H,75,85)(H,76,89)(H,77,84)(H,78,88)(H,79,87)(H,80,86)(H,81,90)/t47-,48-,59-,60+,61+,62-,63+,64-/m1/s1. The number of alkyl carbamates (subject to hydrolysis) is 1. The molecule has 0 saturated heterocycles. The molecule has 8 atom stereocenters. The van der Waals surface area contributed by atoms with Crippen molar-refractivity contribution >= 4 is 58.8 Å². The third kappa shape index (κ3) is 16.6. The number of ether oxygens (including phenoxy) is 13. The molecule has 17 bridgehead atoms. The van der Waals surface area contributed by atoms with Gasteiger partial charge in [-0.3, -0.25) is 38.9 Å². The van der Waals surface area contributed by atoms with E-state index in [0.717, 1.165) is 6.07 Å². The van der Waals surface area contributed by atoms with Crippen molar-refractivity contribution in [2.45, 2.75) is 81.2 Å². The second-order valence-electron chi connectivity index (χ2n) is 25.3. The molecule has 6 aliphatic heterocycles. The van der Waals surface area contributed by atoms with Gasteiger partial charge in [0.15, 0.2) is 23.0 Å². The van der Waals surface area contributed by atoms with E-state index in [9.17, 15) is 20.0 Å². The van der Waals surface area contributed by atoms with Gasteiger partial charge in [0, 0.05) is 42.9 Å². The smallest absolute Gasteiger partial charge is 0.408 e. The van der Waals surface area contributed by atoms with Crippen LogP contribution in [0.2, 0.25) is 5.02 Å². The maximum absolute atomic E-state index is 16.4. The fraction of sp³-hybridized carbons (Fsp3) is 0.329. The molecule has 31 nitrogen and oxygen atoms in total. The number of nitro groups is 1. The van der Waals surface area contributed by atoms with Crippen LogP contribution in [0.1, 0.15) is 96.0 Å². The average molecular weight is 1470 g/mol. The number of carbonyl (C=O) groups is 7. The van der Waals surface area contributed by atoms with Gasteiger partial charge in [0.1, 0.15) is 89.2 Å². The van der Waals surface area contributed by atoms with E-state index >= 15 is 28.8 Å². The SMILES string of the molecule is COCCOCOC[C@H]1NC(=O)[C@H]2NC(=O)[C@H](NC(=O)[C@@H]3NC(=O)[C@H]4NC(=O)[C@@H](Cc5ccc(c([N+](=O)[O-])c5)Oc5cc3cc(c5OC)Oc3ccc(cc3Cl)[C@H]2O)NC(=O)[C@@H](NC(=O)OC(C)(C)C)c2ccc(OC)c(c2)Oc2cc(OC)cc4c2)c2ccc(OC)c(c2)-c2c(OC)cc(OC)cc21. The normalized spacial score (nSPS) is 20.0. The lowest BCUT2D eigenvalue weighted by atomic mass is 9.89. The molecule has 0 spiro atoms. The maximum atomic E-state index is 16.4. The quantitative estimate of drug-likeness (QED) is 0.0207. The fourth-order valence-corrected chi connectivity index (χ4v) is 12.5. The lowest BCUT2D eigenvalue weighted by molar-refractivity contribution is -0.385. The van der Waals surface area contributed by atoms with Crippen LogP contribution < -0.4 is 79.8 Å². The largest absolute Gasteiger partial charge is 0.497 e. The number of carbonyl (C=O) groups excluding carboxylic acids is 7. The summed E-state index contributed by atoms with van der Waals surface area (Å²) in [7, 11) is 9.59. The average Bonchev–Trinajstić information content (AvgIpc) is 0.767. The van der Waals surface area contributed by atoms with Gasteiger partial charge in [-0.15, -0.1) is 0 Å². The summed E-state index contributed by atoms with van der Waals surface area (Å²) in [6.45, 7) is 4.61. The van der Waals surface area contributed by atoms with Crippen molar-refractivity contribution in [1.29, 1.82) is 0 Å². The Balaban J connectivity index is 1.15. The molecule has 8 N–H and O–H groups in total. The number of benzene rings is 7. The molecule has 0 unspecified atom stereocenters. The zero-order chi connectivity index (χ0) is 75.1. The van der Waals surface area contributed by atoms with E-state index in [1.807, 2.05) is 0 Å². The van der Waals surface area contributed by atoms with E-state index in [-0.39, 0.29) is 139 Å². The van der Waals surface area contributed by atoms with Crippen molar-refractivity contribution in [3.05, 3.63) is 169 Å². The number of nitro benzene ring substituents is 1. The van der Waals surface area contributed by atoms with Gasteiger partial charge in [-0.2, -0.15) is 0 Å². The van der Waals surface area contributed by atoms with Crippen LogP contribution in [0.4, 0.5) is 10.5 Å². The number of amides is 7. The number of nitrogens with one attached hydrogen (secondary N) is 7. The summed E-state index contributed by atoms with van der Waals surface area (Å²) in [6, 6.07) is 13.5. The second-order valence-corrected chi connectivity index (χ2v) is 25.7. The summed E-state index contributed by atoms with van der Waals surface area (Å²) >= 11 is 7.09. The minimum absolute atomic E-state index is 0.0124. The molecule has 0 radical (unpaired) electrons. The minimum atomic E-state index is -2.12. The molecule has 7 aromatic rings. The number of fused-ring (bicyclic) bond motifs is 14. The summed E-state index contributed by atoms with van der Waals surface area (Å²) in [4.78, 5) is 121. The van der Waals surface area contributed by atoms with Crippen LogP contribution in [-0.2, 0) is 54.1 Å². The zero-order valence-electron chi connectivity index (χ0n) is 58.4. The molecule has 7 amide bonds. The molecule has 32 heteroatoms. The predicted octanol–water partition coefficient (Wildman–Crippen LogP) is 8.18.